The minimum Gasteiger partial charge on any atom is -0.490 e. The fraction of sp³-hybridized carbons (Fsp3) is 0.148. The molecule has 0 aromatic heterocycles. The molecule has 0 aliphatic carbocycles. The van der Waals surface area contributed by atoms with Crippen molar-refractivity contribution in [1.29, 1.82) is 0 Å². The normalized spacial score (nSPS) is 13.1. The van der Waals surface area contributed by atoms with Crippen LogP contribution in [0.1, 0.15) is 23.6 Å². The fourth-order valence-electron chi connectivity index (χ4n) is 3.45. The van der Waals surface area contributed by atoms with Gasteiger partial charge in [0.15, 0.2) is 16.6 Å². The Labute approximate surface area is 219 Å². The molecule has 3 aromatic carbocycles. The van der Waals surface area contributed by atoms with E-state index in [0.29, 0.717) is 41.0 Å². The highest BCUT2D eigenvalue weighted by Gasteiger charge is 2.26. The van der Waals surface area contributed by atoms with Crippen molar-refractivity contribution in [2.75, 3.05) is 6.61 Å². The van der Waals surface area contributed by atoms with E-state index in [0.717, 1.165) is 11.1 Å². The Morgan fingerprint density at radius 2 is 1.47 bits per heavy atom. The molecule has 7 nitrogen and oxygen atoms in total. The lowest BCUT2D eigenvalue weighted by Crippen LogP contribution is -2.51. The molecule has 9 heteroatoms. The maximum absolute atomic E-state index is 12.2. The summed E-state index contributed by atoms with van der Waals surface area (Å²) in [5, 5.41) is 5.21. The summed E-state index contributed by atoms with van der Waals surface area (Å²) >= 11 is 11.0. The Bertz CT molecular complexity index is 1300. The van der Waals surface area contributed by atoms with Crippen molar-refractivity contribution < 1.29 is 23.8 Å². The molecule has 0 unspecified atom stereocenters. The molecule has 1 fully saturated rings. The second-order valence-electron chi connectivity index (χ2n) is 7.75. The van der Waals surface area contributed by atoms with Gasteiger partial charge in [0, 0.05) is 10.6 Å². The summed E-state index contributed by atoms with van der Waals surface area (Å²) in [7, 11) is 0. The molecule has 0 spiro atoms. The van der Waals surface area contributed by atoms with Gasteiger partial charge in [-0.25, -0.2) is 0 Å². The van der Waals surface area contributed by atoms with Crippen LogP contribution in [0.4, 0.5) is 0 Å². The molecule has 0 atom stereocenters. The molecule has 0 saturated carbocycles. The number of amides is 2. The minimum absolute atomic E-state index is 0.0361. The van der Waals surface area contributed by atoms with Gasteiger partial charge in [-0.1, -0.05) is 48.0 Å². The Morgan fingerprint density at radius 3 is 2.19 bits per heavy atom. The standard InChI is InChI=1S/C27H23ClN2O5S/c1-2-33-24-12-18(8-10-23(24)35-15-17-6-4-3-5-7-17)16-34-22-11-9-20(28)13-19(22)14-21-25(31)29-27(36)30-26(21)32/h3-14H,2,15-16H2,1H3,(H2,29,30,31,32,36). The van der Waals surface area contributed by atoms with Crippen LogP contribution in [0, 0.1) is 0 Å². The highest BCUT2D eigenvalue weighted by molar-refractivity contribution is 7.80. The monoisotopic (exact) mass is 522 g/mol. The number of nitrogens with one attached hydrogen (secondary N) is 2. The molecular weight excluding hydrogens is 500 g/mol. The summed E-state index contributed by atoms with van der Waals surface area (Å²) in [5.74, 6) is 0.500. The predicted octanol–water partition coefficient (Wildman–Crippen LogP) is 4.81. The van der Waals surface area contributed by atoms with Gasteiger partial charge >= 0.3 is 0 Å². The Hall–Kier alpha value is -3.88. The number of benzene rings is 3. The van der Waals surface area contributed by atoms with Gasteiger partial charge in [0.05, 0.1) is 6.61 Å². The Kier molecular flexibility index (Phi) is 8.20. The first kappa shape index (κ1) is 25.2. The van der Waals surface area contributed by atoms with E-state index in [1.54, 1.807) is 18.2 Å². The zero-order chi connectivity index (χ0) is 25.5. The van der Waals surface area contributed by atoms with Gasteiger partial charge in [0.25, 0.3) is 11.8 Å². The molecule has 36 heavy (non-hydrogen) atoms. The Morgan fingerprint density at radius 1 is 0.806 bits per heavy atom. The molecule has 184 valence electrons. The summed E-state index contributed by atoms with van der Waals surface area (Å²) in [4.78, 5) is 24.5. The molecule has 4 rings (SSSR count). The molecule has 2 amide bonds. The quantitative estimate of drug-likeness (QED) is 0.238. The van der Waals surface area contributed by atoms with Crippen LogP contribution in [0.25, 0.3) is 6.08 Å². The van der Waals surface area contributed by atoms with Crippen molar-refractivity contribution in [3.63, 3.8) is 0 Å². The molecule has 1 aliphatic rings. The number of carbonyl (C=O) groups is 2. The summed E-state index contributed by atoms with van der Waals surface area (Å²) in [6.07, 6.45) is 1.42. The lowest BCUT2D eigenvalue weighted by Gasteiger charge is -2.17. The van der Waals surface area contributed by atoms with E-state index < -0.39 is 11.8 Å². The van der Waals surface area contributed by atoms with Gasteiger partial charge in [-0.05, 0) is 66.7 Å². The van der Waals surface area contributed by atoms with Crippen molar-refractivity contribution in [2.45, 2.75) is 20.1 Å². The van der Waals surface area contributed by atoms with Gasteiger partial charge in [0.1, 0.15) is 24.5 Å². The van der Waals surface area contributed by atoms with Crippen molar-refractivity contribution in [3.8, 4) is 17.2 Å². The third-order valence-electron chi connectivity index (χ3n) is 5.15. The van der Waals surface area contributed by atoms with Crippen LogP contribution in [-0.2, 0) is 22.8 Å². The van der Waals surface area contributed by atoms with Gasteiger partial charge in [-0.3, -0.25) is 20.2 Å². The second-order valence-corrected chi connectivity index (χ2v) is 8.60. The number of hydrogen-bond donors (Lipinski definition) is 2. The number of thiocarbonyl (C=S) groups is 1. The predicted molar refractivity (Wildman–Crippen MR) is 141 cm³/mol. The van der Waals surface area contributed by atoms with Crippen molar-refractivity contribution in [1.82, 2.24) is 10.6 Å². The van der Waals surface area contributed by atoms with Crippen LogP contribution in [0.2, 0.25) is 5.02 Å². The van der Waals surface area contributed by atoms with Crippen LogP contribution in [0.3, 0.4) is 0 Å². The SMILES string of the molecule is CCOc1cc(COc2ccc(Cl)cc2C=C2C(=O)NC(=S)NC2=O)ccc1OCc1ccccc1. The average molecular weight is 523 g/mol. The minimum atomic E-state index is -0.595. The van der Waals surface area contributed by atoms with E-state index in [9.17, 15) is 9.59 Å². The van der Waals surface area contributed by atoms with Gasteiger partial charge < -0.3 is 14.2 Å². The van der Waals surface area contributed by atoms with Gasteiger partial charge in [0.2, 0.25) is 0 Å². The zero-order valence-electron chi connectivity index (χ0n) is 19.4. The lowest BCUT2D eigenvalue weighted by molar-refractivity contribution is -0.123. The maximum atomic E-state index is 12.2. The van der Waals surface area contributed by atoms with E-state index in [1.165, 1.54) is 6.08 Å². The van der Waals surface area contributed by atoms with E-state index >= 15 is 0 Å². The maximum Gasteiger partial charge on any atom is 0.263 e. The first-order valence-corrected chi connectivity index (χ1v) is 11.9. The first-order valence-electron chi connectivity index (χ1n) is 11.2. The topological polar surface area (TPSA) is 85.9 Å². The Balaban J connectivity index is 1.51. The number of ether oxygens (including phenoxy) is 3. The molecule has 1 saturated heterocycles. The molecular formula is C27H23ClN2O5S. The lowest BCUT2D eigenvalue weighted by atomic mass is 10.1. The molecule has 1 heterocycles. The summed E-state index contributed by atoms with van der Waals surface area (Å²) in [6.45, 7) is 3.02. The summed E-state index contributed by atoms with van der Waals surface area (Å²) in [5.41, 5.74) is 2.27. The third-order valence-corrected chi connectivity index (χ3v) is 5.59. The summed E-state index contributed by atoms with van der Waals surface area (Å²) < 4.78 is 17.8. The van der Waals surface area contributed by atoms with Gasteiger partial charge in [-0.15, -0.1) is 0 Å². The van der Waals surface area contributed by atoms with Crippen LogP contribution >= 0.6 is 23.8 Å². The van der Waals surface area contributed by atoms with Gasteiger partial charge in [-0.2, -0.15) is 0 Å². The fourth-order valence-corrected chi connectivity index (χ4v) is 3.82. The van der Waals surface area contributed by atoms with E-state index in [4.69, 9.17) is 38.0 Å². The molecule has 1 aliphatic heterocycles. The van der Waals surface area contributed by atoms with E-state index in [2.05, 4.69) is 10.6 Å². The van der Waals surface area contributed by atoms with E-state index in [-0.39, 0.29) is 17.3 Å². The molecule has 3 aromatic rings. The number of rotatable bonds is 9. The molecule has 0 radical (unpaired) electrons. The van der Waals surface area contributed by atoms with Crippen LogP contribution in [-0.4, -0.2) is 23.5 Å². The van der Waals surface area contributed by atoms with Crippen molar-refractivity contribution in [3.05, 3.63) is 94.0 Å². The smallest absolute Gasteiger partial charge is 0.263 e. The van der Waals surface area contributed by atoms with E-state index in [1.807, 2.05) is 55.5 Å². The second kappa shape index (κ2) is 11.7. The largest absolute Gasteiger partial charge is 0.490 e. The average Bonchev–Trinajstić information content (AvgIpc) is 2.86. The summed E-state index contributed by atoms with van der Waals surface area (Å²) in [6, 6.07) is 20.4. The number of carbonyl (C=O) groups excluding carboxylic acids is 2. The van der Waals surface area contributed by atoms with Crippen LogP contribution in [0.15, 0.2) is 72.3 Å². The van der Waals surface area contributed by atoms with Crippen LogP contribution in [0.5, 0.6) is 17.2 Å². The number of hydrogen-bond acceptors (Lipinski definition) is 6. The highest BCUT2D eigenvalue weighted by Crippen LogP contribution is 2.31. The zero-order valence-corrected chi connectivity index (χ0v) is 20.9. The first-order chi connectivity index (χ1) is 17.4. The van der Waals surface area contributed by atoms with Crippen molar-refractivity contribution >= 4 is 46.8 Å². The third kappa shape index (κ3) is 6.41. The molecule has 0 bridgehead atoms. The highest BCUT2D eigenvalue weighted by atomic mass is 35.5. The van der Waals surface area contributed by atoms with Crippen molar-refractivity contribution in [2.24, 2.45) is 0 Å². The number of halogens is 1. The molecule has 2 N–H and O–H groups in total. The van der Waals surface area contributed by atoms with Crippen LogP contribution < -0.4 is 24.8 Å².